The van der Waals surface area contributed by atoms with Crippen molar-refractivity contribution in [3.05, 3.63) is 29.8 Å². The number of ketones is 1. The van der Waals surface area contributed by atoms with Gasteiger partial charge < -0.3 is 25.0 Å². The lowest BCUT2D eigenvalue weighted by atomic mass is 9.85. The molecule has 176 valence electrons. The minimum absolute atomic E-state index is 0.0185. The number of Topliss-reactive ketones (excluding diaryl/α,β-unsaturated/α-hetero) is 1. The summed E-state index contributed by atoms with van der Waals surface area (Å²) in [5, 5.41) is 11.0. The van der Waals surface area contributed by atoms with Crippen LogP contribution in [0.3, 0.4) is 0 Å². The Morgan fingerprint density at radius 1 is 1.00 bits per heavy atom. The Labute approximate surface area is 190 Å². The first-order valence-corrected chi connectivity index (χ1v) is 11.1. The van der Waals surface area contributed by atoms with Crippen molar-refractivity contribution >= 4 is 29.3 Å². The number of carbonyl (C=O) groups is 4. The molecule has 0 bridgehead atoms. The van der Waals surface area contributed by atoms with E-state index in [0.29, 0.717) is 13.1 Å². The Morgan fingerprint density at radius 3 is 2.19 bits per heavy atom. The van der Waals surface area contributed by atoms with E-state index in [-0.39, 0.29) is 36.4 Å². The third-order valence-corrected chi connectivity index (χ3v) is 5.64. The van der Waals surface area contributed by atoms with Crippen LogP contribution < -0.4 is 10.2 Å². The highest BCUT2D eigenvalue weighted by molar-refractivity contribution is 5.84. The molecule has 1 aromatic rings. The van der Waals surface area contributed by atoms with Crippen LogP contribution in [0.15, 0.2) is 24.3 Å². The Balaban J connectivity index is 1.96. The maximum absolute atomic E-state index is 12.9. The van der Waals surface area contributed by atoms with Crippen LogP contribution in [0.5, 0.6) is 0 Å². The van der Waals surface area contributed by atoms with Gasteiger partial charge in [-0.05, 0) is 29.9 Å². The number of para-hydroxylation sites is 1. The molecule has 8 nitrogen and oxygen atoms in total. The number of carbonyl (C=O) groups excluding carboxylic acids is 3. The molecule has 1 aromatic carbocycles. The van der Waals surface area contributed by atoms with E-state index < -0.39 is 24.3 Å². The van der Waals surface area contributed by atoms with Gasteiger partial charge in [0.05, 0.1) is 0 Å². The molecule has 1 unspecified atom stereocenters. The maximum Gasteiger partial charge on any atom is 0.322 e. The second kappa shape index (κ2) is 11.1. The molecule has 0 radical (unpaired) electrons. The predicted octanol–water partition coefficient (Wildman–Crippen LogP) is 2.21. The number of hydrogen-bond donors (Lipinski definition) is 2. The molecule has 32 heavy (non-hydrogen) atoms. The number of carboxylic acid groups (broad SMARTS) is 1. The van der Waals surface area contributed by atoms with Crippen LogP contribution in [0, 0.1) is 5.92 Å². The third kappa shape index (κ3) is 7.66. The second-order valence-corrected chi connectivity index (χ2v) is 9.49. The number of carboxylic acids is 1. The van der Waals surface area contributed by atoms with Gasteiger partial charge in [-0.3, -0.25) is 14.4 Å². The van der Waals surface area contributed by atoms with Crippen molar-refractivity contribution in [3.63, 3.8) is 0 Å². The molecule has 2 rings (SSSR count). The minimum Gasteiger partial charge on any atom is -0.480 e. The maximum atomic E-state index is 12.9. The lowest BCUT2D eigenvalue weighted by Crippen LogP contribution is -2.49. The number of amides is 2. The third-order valence-electron chi connectivity index (χ3n) is 5.64. The van der Waals surface area contributed by atoms with E-state index in [1.54, 1.807) is 4.90 Å². The zero-order valence-corrected chi connectivity index (χ0v) is 19.5. The molecular formula is C24H35N3O5. The molecular weight excluding hydrogens is 410 g/mol. The highest BCUT2D eigenvalue weighted by atomic mass is 16.4. The monoisotopic (exact) mass is 445 g/mol. The first kappa shape index (κ1) is 25.4. The van der Waals surface area contributed by atoms with Crippen molar-refractivity contribution in [3.8, 4) is 0 Å². The summed E-state index contributed by atoms with van der Waals surface area (Å²) in [5.41, 5.74) is 2.48. The second-order valence-electron chi connectivity index (χ2n) is 9.49. The van der Waals surface area contributed by atoms with Gasteiger partial charge in [-0.15, -0.1) is 0 Å². The normalized spacial score (nSPS) is 15.2. The zero-order valence-electron chi connectivity index (χ0n) is 19.5. The molecule has 1 aliphatic heterocycles. The number of nitrogens with zero attached hydrogens (tertiary/aromatic N) is 2. The van der Waals surface area contributed by atoms with Gasteiger partial charge in [0.2, 0.25) is 11.8 Å². The standard InChI is InChI=1S/C24H35N3O5/c1-17(28)13-18(14-21(29)25-16-23(31)32)15-22(30)27-11-9-26(10-12-27)20-8-6-5-7-19(20)24(2,3)4/h5-8,18H,9-16H2,1-4H3,(H,25,29)(H,31,32). The smallest absolute Gasteiger partial charge is 0.322 e. The molecule has 0 aromatic heterocycles. The number of rotatable bonds is 9. The average molecular weight is 446 g/mol. The van der Waals surface area contributed by atoms with Gasteiger partial charge in [-0.1, -0.05) is 39.0 Å². The molecule has 0 spiro atoms. The summed E-state index contributed by atoms with van der Waals surface area (Å²) in [6.07, 6.45) is 0.168. The molecule has 1 saturated heterocycles. The van der Waals surface area contributed by atoms with E-state index in [9.17, 15) is 19.2 Å². The molecule has 1 aliphatic rings. The molecule has 1 fully saturated rings. The highest BCUT2D eigenvalue weighted by Gasteiger charge is 2.28. The van der Waals surface area contributed by atoms with Gasteiger partial charge in [0.25, 0.3) is 0 Å². The molecule has 1 atom stereocenters. The summed E-state index contributed by atoms with van der Waals surface area (Å²) in [6.45, 7) is 10.1. The number of hydrogen-bond acceptors (Lipinski definition) is 5. The van der Waals surface area contributed by atoms with Gasteiger partial charge in [-0.2, -0.15) is 0 Å². The van der Waals surface area contributed by atoms with E-state index in [2.05, 4.69) is 43.1 Å². The predicted molar refractivity (Wildman–Crippen MR) is 123 cm³/mol. The Hall–Kier alpha value is -2.90. The van der Waals surface area contributed by atoms with Crippen molar-refractivity contribution in [2.45, 2.75) is 52.4 Å². The van der Waals surface area contributed by atoms with Crippen molar-refractivity contribution in [1.82, 2.24) is 10.2 Å². The fourth-order valence-electron chi connectivity index (χ4n) is 4.09. The van der Waals surface area contributed by atoms with Crippen LogP contribution in [-0.4, -0.2) is 66.3 Å². The molecule has 2 N–H and O–H groups in total. The van der Waals surface area contributed by atoms with E-state index in [0.717, 1.165) is 13.1 Å². The topological polar surface area (TPSA) is 107 Å². The van der Waals surface area contributed by atoms with Gasteiger partial charge in [0.1, 0.15) is 12.3 Å². The van der Waals surface area contributed by atoms with Gasteiger partial charge >= 0.3 is 5.97 Å². The molecule has 0 saturated carbocycles. The van der Waals surface area contributed by atoms with Crippen molar-refractivity contribution in [2.24, 2.45) is 5.92 Å². The van der Waals surface area contributed by atoms with E-state index in [1.807, 2.05) is 12.1 Å². The fourth-order valence-corrected chi connectivity index (χ4v) is 4.09. The zero-order chi connectivity index (χ0) is 23.9. The van der Waals surface area contributed by atoms with Crippen LogP contribution in [-0.2, 0) is 24.6 Å². The summed E-state index contributed by atoms with van der Waals surface area (Å²) in [6, 6.07) is 8.35. The molecule has 1 heterocycles. The van der Waals surface area contributed by atoms with Gasteiger partial charge in [-0.25, -0.2) is 0 Å². The minimum atomic E-state index is -1.14. The number of piperazine rings is 1. The number of anilines is 1. The number of nitrogens with one attached hydrogen (secondary N) is 1. The summed E-state index contributed by atoms with van der Waals surface area (Å²) in [7, 11) is 0. The number of benzene rings is 1. The summed E-state index contributed by atoms with van der Waals surface area (Å²) in [4.78, 5) is 51.2. The summed E-state index contributed by atoms with van der Waals surface area (Å²) >= 11 is 0. The van der Waals surface area contributed by atoms with Crippen LogP contribution in [0.4, 0.5) is 5.69 Å². The number of aliphatic carboxylic acids is 1. The average Bonchev–Trinajstić information content (AvgIpc) is 2.71. The van der Waals surface area contributed by atoms with E-state index in [1.165, 1.54) is 18.2 Å². The van der Waals surface area contributed by atoms with Gasteiger partial charge in [0, 0.05) is 51.1 Å². The SMILES string of the molecule is CC(=O)CC(CC(=O)NCC(=O)O)CC(=O)N1CCN(c2ccccc2C(C)(C)C)CC1. The van der Waals surface area contributed by atoms with E-state index >= 15 is 0 Å². The Morgan fingerprint density at radius 2 is 1.62 bits per heavy atom. The molecule has 8 heteroatoms. The van der Waals surface area contributed by atoms with Gasteiger partial charge in [0.15, 0.2) is 0 Å². The lowest BCUT2D eigenvalue weighted by Gasteiger charge is -2.39. The van der Waals surface area contributed by atoms with Crippen molar-refractivity contribution in [2.75, 3.05) is 37.6 Å². The van der Waals surface area contributed by atoms with Crippen molar-refractivity contribution < 1.29 is 24.3 Å². The molecule has 0 aliphatic carbocycles. The van der Waals surface area contributed by atoms with E-state index in [4.69, 9.17) is 5.11 Å². The Kier molecular flexibility index (Phi) is 8.80. The molecule has 2 amide bonds. The Bertz CT molecular complexity index is 838. The van der Waals surface area contributed by atoms with Crippen LogP contribution in [0.1, 0.15) is 52.5 Å². The largest absolute Gasteiger partial charge is 0.480 e. The van der Waals surface area contributed by atoms with Crippen LogP contribution in [0.2, 0.25) is 0 Å². The van der Waals surface area contributed by atoms with Crippen molar-refractivity contribution in [1.29, 1.82) is 0 Å². The summed E-state index contributed by atoms with van der Waals surface area (Å²) < 4.78 is 0. The quantitative estimate of drug-likeness (QED) is 0.604. The summed E-state index contributed by atoms with van der Waals surface area (Å²) in [5.74, 6) is -2.21. The fraction of sp³-hybridized carbons (Fsp3) is 0.583. The van der Waals surface area contributed by atoms with Crippen LogP contribution >= 0.6 is 0 Å². The first-order valence-electron chi connectivity index (χ1n) is 11.1. The van der Waals surface area contributed by atoms with Crippen LogP contribution in [0.25, 0.3) is 0 Å². The first-order chi connectivity index (χ1) is 15.0. The highest BCUT2D eigenvalue weighted by Crippen LogP contribution is 2.32. The lowest BCUT2D eigenvalue weighted by molar-refractivity contribution is -0.138.